The Morgan fingerprint density at radius 2 is 0.690 bits per heavy atom. The largest absolute Gasteiger partial charge is 0.500 e. The van der Waals surface area contributed by atoms with Gasteiger partial charge in [-0.2, -0.15) is 0 Å². The lowest BCUT2D eigenvalue weighted by Crippen LogP contribution is -2.45. The maximum atomic E-state index is 5.83. The second-order valence-electron chi connectivity index (χ2n) is 7.62. The second-order valence-corrected chi connectivity index (χ2v) is 10.4. The van der Waals surface area contributed by atoms with Crippen molar-refractivity contribution in [2.45, 2.75) is 137 Å². The summed E-state index contributed by atoms with van der Waals surface area (Å²) >= 11 is 0. The average Bonchev–Trinajstić information content (AvgIpc) is 2.68. The molecule has 0 atom stereocenters. The van der Waals surface area contributed by atoms with Crippen LogP contribution < -0.4 is 0 Å². The standard InChI is InChI=1S/C14H32O3Si.C10H22.H4Si/c1-5-9-10-11-12-13-14-18(15-6-2,16-7-3)17-8-4;1-3-5-7-9-10-8-6-4-2;/h5-14H2,1-4H3;3-10H2,1-2H3;1H4. The molecule has 0 unspecified atom stereocenters. The molecule has 0 saturated carbocycles. The van der Waals surface area contributed by atoms with Crippen LogP contribution in [0.4, 0.5) is 0 Å². The van der Waals surface area contributed by atoms with E-state index in [1.54, 1.807) is 0 Å². The van der Waals surface area contributed by atoms with Crippen molar-refractivity contribution in [1.82, 2.24) is 0 Å². The maximum Gasteiger partial charge on any atom is 0.500 e. The fourth-order valence-corrected chi connectivity index (χ4v) is 6.02. The van der Waals surface area contributed by atoms with E-state index in [0.717, 1.165) is 12.5 Å². The predicted molar refractivity (Wildman–Crippen MR) is 138 cm³/mol. The lowest BCUT2D eigenvalue weighted by atomic mass is 10.1. The summed E-state index contributed by atoms with van der Waals surface area (Å²) in [6, 6.07) is 0.967. The smallest absolute Gasteiger partial charge is 0.374 e. The number of unbranched alkanes of at least 4 members (excludes halogenated alkanes) is 12. The Balaban J connectivity index is -0.000000525. The molecule has 0 amide bonds. The number of rotatable bonds is 20. The lowest BCUT2D eigenvalue weighted by molar-refractivity contribution is 0.0706. The van der Waals surface area contributed by atoms with Gasteiger partial charge in [-0.15, -0.1) is 0 Å². The van der Waals surface area contributed by atoms with Crippen LogP contribution in [0, 0.1) is 0 Å². The Labute approximate surface area is 190 Å². The molecule has 0 aromatic heterocycles. The van der Waals surface area contributed by atoms with Crippen molar-refractivity contribution in [2.75, 3.05) is 19.8 Å². The van der Waals surface area contributed by atoms with Gasteiger partial charge in [0, 0.05) is 25.9 Å². The van der Waals surface area contributed by atoms with Gasteiger partial charge >= 0.3 is 8.80 Å². The summed E-state index contributed by atoms with van der Waals surface area (Å²) in [5, 5.41) is 0. The molecular weight excluding hydrogens is 392 g/mol. The Bertz CT molecular complexity index is 254. The highest BCUT2D eigenvalue weighted by Crippen LogP contribution is 2.20. The fraction of sp³-hybridized carbons (Fsp3) is 1.00. The van der Waals surface area contributed by atoms with Crippen LogP contribution in [-0.2, 0) is 13.3 Å². The van der Waals surface area contributed by atoms with E-state index in [9.17, 15) is 0 Å². The Kier molecular flexibility index (Phi) is 33.1. The van der Waals surface area contributed by atoms with Crippen LogP contribution in [0.5, 0.6) is 0 Å². The Morgan fingerprint density at radius 3 is 0.966 bits per heavy atom. The molecular formula is C24H58O3Si2. The van der Waals surface area contributed by atoms with Crippen LogP contribution >= 0.6 is 0 Å². The lowest BCUT2D eigenvalue weighted by Gasteiger charge is -2.28. The summed E-state index contributed by atoms with van der Waals surface area (Å²) in [4.78, 5) is 0. The summed E-state index contributed by atoms with van der Waals surface area (Å²) < 4.78 is 17.5. The van der Waals surface area contributed by atoms with E-state index in [1.807, 2.05) is 20.8 Å². The van der Waals surface area contributed by atoms with E-state index in [0.29, 0.717) is 19.8 Å². The van der Waals surface area contributed by atoms with Crippen LogP contribution in [0.25, 0.3) is 0 Å². The number of hydrogen-bond donors (Lipinski definition) is 0. The first-order chi connectivity index (χ1) is 13.7. The normalized spacial score (nSPS) is 11.0. The van der Waals surface area contributed by atoms with Crippen molar-refractivity contribution in [1.29, 1.82) is 0 Å². The predicted octanol–water partition coefficient (Wildman–Crippen LogP) is 7.09. The molecule has 0 saturated heterocycles. The summed E-state index contributed by atoms with van der Waals surface area (Å²) in [7, 11) is -2.36. The quantitative estimate of drug-likeness (QED) is 0.146. The molecule has 0 aliphatic rings. The third-order valence-corrected chi connectivity index (χ3v) is 8.04. The van der Waals surface area contributed by atoms with Crippen molar-refractivity contribution in [3.63, 3.8) is 0 Å². The van der Waals surface area contributed by atoms with Crippen LogP contribution in [0.3, 0.4) is 0 Å². The molecule has 0 aromatic carbocycles. The van der Waals surface area contributed by atoms with Crippen molar-refractivity contribution < 1.29 is 13.3 Å². The van der Waals surface area contributed by atoms with Crippen molar-refractivity contribution >= 4 is 19.8 Å². The molecule has 0 bridgehead atoms. The summed E-state index contributed by atoms with van der Waals surface area (Å²) in [6.07, 6.45) is 19.2. The SMILES string of the molecule is CCCCCCCCCC.CCCCCCCC[Si](OCC)(OCC)OCC.[SiH4]. The molecule has 29 heavy (non-hydrogen) atoms. The first-order valence-electron chi connectivity index (χ1n) is 12.6. The van der Waals surface area contributed by atoms with Gasteiger partial charge in [0.25, 0.3) is 0 Å². The van der Waals surface area contributed by atoms with Crippen LogP contribution in [0.2, 0.25) is 6.04 Å². The van der Waals surface area contributed by atoms with Gasteiger partial charge in [0.2, 0.25) is 0 Å². The van der Waals surface area contributed by atoms with E-state index in [2.05, 4.69) is 20.8 Å². The highest BCUT2D eigenvalue weighted by atomic mass is 28.4. The monoisotopic (exact) mass is 450 g/mol. The summed E-state index contributed by atoms with van der Waals surface area (Å²) in [6.45, 7) is 14.9. The molecule has 0 spiro atoms. The molecule has 180 valence electrons. The first kappa shape index (κ1) is 33.9. The highest BCUT2D eigenvalue weighted by molar-refractivity contribution is 6.60. The maximum absolute atomic E-state index is 5.83. The molecule has 5 heteroatoms. The summed E-state index contributed by atoms with van der Waals surface area (Å²) in [5.41, 5.74) is 0. The molecule has 0 fully saturated rings. The van der Waals surface area contributed by atoms with E-state index >= 15 is 0 Å². The zero-order chi connectivity index (χ0) is 21.3. The first-order valence-corrected chi connectivity index (χ1v) is 14.5. The molecule has 0 rings (SSSR count). The van der Waals surface area contributed by atoms with Crippen LogP contribution in [0.1, 0.15) is 131 Å². The van der Waals surface area contributed by atoms with Gasteiger partial charge in [-0.05, 0) is 38.2 Å². The fourth-order valence-electron chi connectivity index (χ4n) is 3.33. The van der Waals surface area contributed by atoms with Gasteiger partial charge in [-0.25, -0.2) is 0 Å². The molecule has 3 nitrogen and oxygen atoms in total. The molecule has 0 aliphatic heterocycles. The third-order valence-electron chi connectivity index (χ3n) is 4.89. The minimum absolute atomic E-state index is 0. The van der Waals surface area contributed by atoms with E-state index in [4.69, 9.17) is 13.3 Å². The molecule has 0 N–H and O–H groups in total. The number of hydrogen-bond acceptors (Lipinski definition) is 3. The zero-order valence-corrected chi connectivity index (χ0v) is 21.5. The molecule has 0 aromatic rings. The minimum atomic E-state index is -2.36. The highest BCUT2D eigenvalue weighted by Gasteiger charge is 2.39. The minimum Gasteiger partial charge on any atom is -0.374 e. The van der Waals surface area contributed by atoms with E-state index in [-0.39, 0.29) is 11.0 Å². The van der Waals surface area contributed by atoms with Crippen molar-refractivity contribution in [2.24, 2.45) is 0 Å². The molecule has 0 radical (unpaired) electrons. The van der Waals surface area contributed by atoms with Gasteiger partial charge in [0.15, 0.2) is 0 Å². The van der Waals surface area contributed by atoms with Gasteiger partial charge in [-0.1, -0.05) is 104 Å². The van der Waals surface area contributed by atoms with Crippen molar-refractivity contribution in [3.8, 4) is 0 Å². The average molecular weight is 451 g/mol. The topological polar surface area (TPSA) is 27.7 Å². The van der Waals surface area contributed by atoms with Crippen LogP contribution in [0.15, 0.2) is 0 Å². The van der Waals surface area contributed by atoms with Gasteiger partial charge in [0.1, 0.15) is 0 Å². The van der Waals surface area contributed by atoms with Gasteiger partial charge in [-0.3, -0.25) is 0 Å². The molecule has 0 aliphatic carbocycles. The van der Waals surface area contributed by atoms with Gasteiger partial charge < -0.3 is 13.3 Å². The zero-order valence-electron chi connectivity index (χ0n) is 20.5. The molecule has 0 heterocycles. The van der Waals surface area contributed by atoms with Crippen molar-refractivity contribution in [3.05, 3.63) is 0 Å². The Morgan fingerprint density at radius 1 is 0.414 bits per heavy atom. The van der Waals surface area contributed by atoms with Crippen LogP contribution in [-0.4, -0.2) is 39.6 Å². The van der Waals surface area contributed by atoms with E-state index in [1.165, 1.54) is 83.5 Å². The summed E-state index contributed by atoms with van der Waals surface area (Å²) in [5.74, 6) is 0. The van der Waals surface area contributed by atoms with E-state index < -0.39 is 8.80 Å². The van der Waals surface area contributed by atoms with Gasteiger partial charge in [0.05, 0.1) is 0 Å². The second kappa shape index (κ2) is 28.3. The Hall–Kier alpha value is 0.314. The third kappa shape index (κ3) is 24.5.